The van der Waals surface area contributed by atoms with Gasteiger partial charge in [-0.1, -0.05) is 15.9 Å². The predicted molar refractivity (Wildman–Crippen MR) is 75.8 cm³/mol. The lowest BCUT2D eigenvalue weighted by molar-refractivity contribution is -0.144. The van der Waals surface area contributed by atoms with Crippen LogP contribution in [-0.4, -0.2) is 35.8 Å². The van der Waals surface area contributed by atoms with Crippen LogP contribution in [0.1, 0.15) is 19.3 Å². The van der Waals surface area contributed by atoms with Crippen molar-refractivity contribution in [1.82, 2.24) is 4.90 Å². The van der Waals surface area contributed by atoms with Gasteiger partial charge in [0.15, 0.2) is 0 Å². The van der Waals surface area contributed by atoms with Gasteiger partial charge in [0.2, 0.25) is 11.8 Å². The predicted octanol–water partition coefficient (Wildman–Crippen LogP) is 2.32. The molecule has 2 aliphatic heterocycles. The van der Waals surface area contributed by atoms with Gasteiger partial charge in [0.25, 0.3) is 0 Å². The van der Waals surface area contributed by atoms with Gasteiger partial charge in [0.1, 0.15) is 18.4 Å². The van der Waals surface area contributed by atoms with Gasteiger partial charge < -0.3 is 4.90 Å². The SMILES string of the molecule is O=C1C2CCCCN2C(=O)CN1c1cc(Br)ccc1F. The summed E-state index contributed by atoms with van der Waals surface area (Å²) in [5.74, 6) is -0.770. The molecule has 2 fully saturated rings. The Morgan fingerprint density at radius 2 is 2.05 bits per heavy atom. The zero-order valence-corrected chi connectivity index (χ0v) is 12.4. The number of anilines is 1. The summed E-state index contributed by atoms with van der Waals surface area (Å²) in [6.45, 7) is 0.548. The minimum absolute atomic E-state index is 0.0806. The normalized spacial score (nSPS) is 23.0. The van der Waals surface area contributed by atoms with Crippen LogP contribution in [0.4, 0.5) is 10.1 Å². The molecule has 1 atom stereocenters. The van der Waals surface area contributed by atoms with Crippen molar-refractivity contribution in [3.63, 3.8) is 0 Å². The van der Waals surface area contributed by atoms with Crippen LogP contribution in [-0.2, 0) is 9.59 Å². The first-order valence-electron chi connectivity index (χ1n) is 6.64. The lowest BCUT2D eigenvalue weighted by Crippen LogP contribution is -2.61. The molecule has 2 aliphatic rings. The fourth-order valence-electron chi connectivity index (χ4n) is 2.87. The number of piperidine rings is 1. The highest BCUT2D eigenvalue weighted by Crippen LogP contribution is 2.30. The standard InChI is InChI=1S/C14H14BrFN2O2/c15-9-4-5-10(16)12(7-9)18-8-13(19)17-6-2-1-3-11(17)14(18)20/h4-5,7,11H,1-3,6,8H2. The van der Waals surface area contributed by atoms with Crippen molar-refractivity contribution in [2.45, 2.75) is 25.3 Å². The number of hydrogen-bond acceptors (Lipinski definition) is 2. The van der Waals surface area contributed by atoms with E-state index in [1.165, 1.54) is 11.0 Å². The highest BCUT2D eigenvalue weighted by molar-refractivity contribution is 9.10. The Bertz CT molecular complexity index is 578. The molecule has 2 amide bonds. The molecular weight excluding hydrogens is 327 g/mol. The Labute approximate surface area is 124 Å². The van der Waals surface area contributed by atoms with Gasteiger partial charge in [-0.05, 0) is 37.5 Å². The third-order valence-corrected chi connectivity index (χ3v) is 4.36. The van der Waals surface area contributed by atoms with Crippen molar-refractivity contribution >= 4 is 33.4 Å². The van der Waals surface area contributed by atoms with Crippen LogP contribution in [0.15, 0.2) is 22.7 Å². The van der Waals surface area contributed by atoms with E-state index in [1.807, 2.05) is 0 Å². The highest BCUT2D eigenvalue weighted by atomic mass is 79.9. The van der Waals surface area contributed by atoms with E-state index >= 15 is 0 Å². The second-order valence-corrected chi connectivity index (χ2v) is 6.03. The smallest absolute Gasteiger partial charge is 0.250 e. The number of carbonyl (C=O) groups excluding carboxylic acids is 2. The average molecular weight is 341 g/mol. The Kier molecular flexibility index (Phi) is 3.50. The summed E-state index contributed by atoms with van der Waals surface area (Å²) in [6, 6.07) is 3.98. The number of benzene rings is 1. The maximum atomic E-state index is 13.9. The zero-order chi connectivity index (χ0) is 14.3. The first kappa shape index (κ1) is 13.5. The van der Waals surface area contributed by atoms with Crippen molar-refractivity contribution in [1.29, 1.82) is 0 Å². The van der Waals surface area contributed by atoms with Gasteiger partial charge in [-0.15, -0.1) is 0 Å². The lowest BCUT2D eigenvalue weighted by Gasteiger charge is -2.42. The van der Waals surface area contributed by atoms with E-state index in [1.54, 1.807) is 17.0 Å². The summed E-state index contributed by atoms with van der Waals surface area (Å²) in [7, 11) is 0. The van der Waals surface area contributed by atoms with E-state index in [-0.39, 0.29) is 24.0 Å². The highest BCUT2D eigenvalue weighted by Gasteiger charge is 2.41. The fraction of sp³-hybridized carbons (Fsp3) is 0.429. The van der Waals surface area contributed by atoms with Crippen molar-refractivity contribution < 1.29 is 14.0 Å². The summed E-state index contributed by atoms with van der Waals surface area (Å²) in [5.41, 5.74) is 0.169. The number of fused-ring (bicyclic) bond motifs is 1. The molecule has 1 unspecified atom stereocenters. The van der Waals surface area contributed by atoms with Crippen LogP contribution in [0.5, 0.6) is 0 Å². The van der Waals surface area contributed by atoms with Crippen molar-refractivity contribution in [2.75, 3.05) is 18.0 Å². The number of rotatable bonds is 1. The molecule has 6 heteroatoms. The zero-order valence-electron chi connectivity index (χ0n) is 10.8. The molecule has 0 spiro atoms. The molecule has 3 rings (SSSR count). The molecule has 0 N–H and O–H groups in total. The van der Waals surface area contributed by atoms with E-state index in [0.29, 0.717) is 17.4 Å². The third kappa shape index (κ3) is 2.22. The number of piperazine rings is 1. The van der Waals surface area contributed by atoms with Crippen molar-refractivity contribution in [2.24, 2.45) is 0 Å². The molecule has 0 saturated carbocycles. The maximum absolute atomic E-state index is 13.9. The van der Waals surface area contributed by atoms with Crippen LogP contribution < -0.4 is 4.90 Å². The number of amides is 2. The summed E-state index contributed by atoms with van der Waals surface area (Å²) in [6.07, 6.45) is 2.52. The summed E-state index contributed by atoms with van der Waals surface area (Å²) >= 11 is 3.27. The molecule has 1 aromatic carbocycles. The molecule has 2 heterocycles. The van der Waals surface area contributed by atoms with Gasteiger partial charge in [-0.25, -0.2) is 4.39 Å². The Hall–Kier alpha value is -1.43. The summed E-state index contributed by atoms with van der Waals surface area (Å²) in [5, 5.41) is 0. The number of halogens is 2. The van der Waals surface area contributed by atoms with Gasteiger partial charge in [0.05, 0.1) is 5.69 Å². The van der Waals surface area contributed by atoms with Gasteiger partial charge in [0, 0.05) is 11.0 Å². The monoisotopic (exact) mass is 340 g/mol. The second kappa shape index (κ2) is 5.16. The molecule has 0 bridgehead atoms. The largest absolute Gasteiger partial charge is 0.329 e. The van der Waals surface area contributed by atoms with E-state index < -0.39 is 11.9 Å². The third-order valence-electron chi connectivity index (χ3n) is 3.87. The molecule has 1 aromatic rings. The molecule has 4 nitrogen and oxygen atoms in total. The molecule has 0 aliphatic carbocycles. The van der Waals surface area contributed by atoms with E-state index in [2.05, 4.69) is 15.9 Å². The minimum atomic E-state index is -0.487. The van der Waals surface area contributed by atoms with Gasteiger partial charge in [-0.2, -0.15) is 0 Å². The van der Waals surface area contributed by atoms with Crippen LogP contribution in [0.25, 0.3) is 0 Å². The second-order valence-electron chi connectivity index (χ2n) is 5.12. The first-order valence-corrected chi connectivity index (χ1v) is 7.43. The Morgan fingerprint density at radius 1 is 1.25 bits per heavy atom. The van der Waals surface area contributed by atoms with Gasteiger partial charge >= 0.3 is 0 Å². The Morgan fingerprint density at radius 3 is 2.85 bits per heavy atom. The van der Waals surface area contributed by atoms with Crippen molar-refractivity contribution in [3.05, 3.63) is 28.5 Å². The quantitative estimate of drug-likeness (QED) is 0.787. The molecule has 0 aromatic heterocycles. The summed E-state index contributed by atoms with van der Waals surface area (Å²) < 4.78 is 14.6. The Balaban J connectivity index is 1.96. The molecule has 20 heavy (non-hydrogen) atoms. The topological polar surface area (TPSA) is 40.6 Å². The van der Waals surface area contributed by atoms with Gasteiger partial charge in [-0.3, -0.25) is 14.5 Å². The minimum Gasteiger partial charge on any atom is -0.329 e. The van der Waals surface area contributed by atoms with E-state index in [4.69, 9.17) is 0 Å². The van der Waals surface area contributed by atoms with Crippen LogP contribution in [0, 0.1) is 5.82 Å². The molecule has 106 valence electrons. The summed E-state index contributed by atoms with van der Waals surface area (Å²) in [4.78, 5) is 27.6. The van der Waals surface area contributed by atoms with E-state index in [0.717, 1.165) is 12.8 Å². The van der Waals surface area contributed by atoms with Crippen LogP contribution >= 0.6 is 15.9 Å². The molecule has 2 saturated heterocycles. The van der Waals surface area contributed by atoms with Crippen LogP contribution in [0.2, 0.25) is 0 Å². The number of nitrogens with zero attached hydrogens (tertiary/aromatic N) is 2. The number of carbonyl (C=O) groups is 2. The molecule has 0 radical (unpaired) electrons. The lowest BCUT2D eigenvalue weighted by atomic mass is 9.98. The van der Waals surface area contributed by atoms with Crippen molar-refractivity contribution in [3.8, 4) is 0 Å². The van der Waals surface area contributed by atoms with E-state index in [9.17, 15) is 14.0 Å². The average Bonchev–Trinajstić information content (AvgIpc) is 2.46. The first-order chi connectivity index (χ1) is 9.58. The number of hydrogen-bond donors (Lipinski definition) is 0. The fourth-order valence-corrected chi connectivity index (χ4v) is 3.22. The van der Waals surface area contributed by atoms with Crippen LogP contribution in [0.3, 0.4) is 0 Å². The maximum Gasteiger partial charge on any atom is 0.250 e. The molecular formula is C14H14BrFN2O2.